The molecule has 0 fully saturated rings. The number of benzene rings is 1. The smallest absolute Gasteiger partial charge is 0.308 e. The van der Waals surface area contributed by atoms with E-state index in [9.17, 15) is 9.59 Å². The number of hydrogen-bond donors (Lipinski definition) is 0. The van der Waals surface area contributed by atoms with Gasteiger partial charge < -0.3 is 9.64 Å². The van der Waals surface area contributed by atoms with Crippen LogP contribution in [0.3, 0.4) is 0 Å². The van der Waals surface area contributed by atoms with E-state index in [1.54, 1.807) is 29.2 Å². The highest BCUT2D eigenvalue weighted by Gasteiger charge is 2.18. The molecule has 1 rings (SSSR count). The first-order chi connectivity index (χ1) is 9.10. The third kappa shape index (κ3) is 4.39. The number of amides is 1. The van der Waals surface area contributed by atoms with Gasteiger partial charge in [0.2, 0.25) is 0 Å². The van der Waals surface area contributed by atoms with Gasteiger partial charge in [-0.15, -0.1) is 0 Å². The van der Waals surface area contributed by atoms with Crippen LogP contribution in [0, 0.1) is 0 Å². The molecular formula is C15H21NO3. The fourth-order valence-electron chi connectivity index (χ4n) is 1.81. The minimum absolute atomic E-state index is 0.0900. The number of rotatable bonds is 6. The minimum atomic E-state index is -0.420. The summed E-state index contributed by atoms with van der Waals surface area (Å²) >= 11 is 0. The first-order valence-corrected chi connectivity index (χ1v) is 6.66. The van der Waals surface area contributed by atoms with Gasteiger partial charge in [0.25, 0.3) is 5.91 Å². The topological polar surface area (TPSA) is 46.6 Å². The second kappa shape index (κ2) is 7.56. The molecule has 0 saturated carbocycles. The Morgan fingerprint density at radius 3 is 2.47 bits per heavy atom. The van der Waals surface area contributed by atoms with E-state index in [-0.39, 0.29) is 5.91 Å². The van der Waals surface area contributed by atoms with Crippen molar-refractivity contribution in [2.45, 2.75) is 33.6 Å². The Balaban J connectivity index is 2.93. The molecule has 1 amide bonds. The predicted molar refractivity (Wildman–Crippen MR) is 74.2 cm³/mol. The van der Waals surface area contributed by atoms with Crippen LogP contribution in [-0.4, -0.2) is 29.9 Å². The maximum atomic E-state index is 12.4. The Kier molecular flexibility index (Phi) is 6.06. The van der Waals surface area contributed by atoms with Gasteiger partial charge in [0, 0.05) is 20.0 Å². The molecule has 4 nitrogen and oxygen atoms in total. The van der Waals surface area contributed by atoms with Crippen LogP contribution in [0.15, 0.2) is 24.3 Å². The van der Waals surface area contributed by atoms with Crippen LogP contribution in [0.5, 0.6) is 5.75 Å². The Morgan fingerprint density at radius 1 is 1.21 bits per heavy atom. The Morgan fingerprint density at radius 2 is 1.89 bits per heavy atom. The molecule has 0 aliphatic heterocycles. The first kappa shape index (κ1) is 15.2. The third-order valence-electron chi connectivity index (χ3n) is 2.82. The number of para-hydroxylation sites is 1. The largest absolute Gasteiger partial charge is 0.426 e. The zero-order valence-corrected chi connectivity index (χ0v) is 11.8. The number of ether oxygens (including phenoxy) is 1. The average molecular weight is 263 g/mol. The summed E-state index contributed by atoms with van der Waals surface area (Å²) in [7, 11) is 0. The fourth-order valence-corrected chi connectivity index (χ4v) is 1.81. The van der Waals surface area contributed by atoms with Crippen LogP contribution < -0.4 is 4.74 Å². The van der Waals surface area contributed by atoms with E-state index in [4.69, 9.17) is 4.74 Å². The van der Waals surface area contributed by atoms with Crippen molar-refractivity contribution in [2.24, 2.45) is 0 Å². The third-order valence-corrected chi connectivity index (χ3v) is 2.82. The summed E-state index contributed by atoms with van der Waals surface area (Å²) in [4.78, 5) is 25.2. The van der Waals surface area contributed by atoms with Crippen molar-refractivity contribution in [3.05, 3.63) is 29.8 Å². The molecule has 4 heteroatoms. The second-order valence-corrected chi connectivity index (χ2v) is 4.33. The number of nitrogens with zero attached hydrogens (tertiary/aromatic N) is 1. The molecule has 0 aliphatic carbocycles. The summed E-state index contributed by atoms with van der Waals surface area (Å²) in [6.45, 7) is 6.73. The highest BCUT2D eigenvalue weighted by Crippen LogP contribution is 2.20. The van der Waals surface area contributed by atoms with Gasteiger partial charge in [-0.25, -0.2) is 0 Å². The molecule has 0 spiro atoms. The van der Waals surface area contributed by atoms with Crippen LogP contribution >= 0.6 is 0 Å². The highest BCUT2D eigenvalue weighted by atomic mass is 16.5. The van der Waals surface area contributed by atoms with Crippen molar-refractivity contribution in [2.75, 3.05) is 13.1 Å². The van der Waals surface area contributed by atoms with Crippen LogP contribution in [-0.2, 0) is 4.79 Å². The van der Waals surface area contributed by atoms with E-state index in [2.05, 4.69) is 6.92 Å². The molecule has 104 valence electrons. The Hall–Kier alpha value is -1.84. The van der Waals surface area contributed by atoms with E-state index in [1.165, 1.54) is 6.92 Å². The van der Waals surface area contributed by atoms with E-state index >= 15 is 0 Å². The van der Waals surface area contributed by atoms with Crippen molar-refractivity contribution in [3.8, 4) is 5.75 Å². The Labute approximate surface area is 114 Å². The molecule has 0 atom stereocenters. The van der Waals surface area contributed by atoms with Crippen molar-refractivity contribution >= 4 is 11.9 Å². The van der Waals surface area contributed by atoms with Gasteiger partial charge in [0.05, 0.1) is 5.56 Å². The number of carbonyl (C=O) groups excluding carboxylic acids is 2. The minimum Gasteiger partial charge on any atom is -0.426 e. The van der Waals surface area contributed by atoms with Gasteiger partial charge in [-0.2, -0.15) is 0 Å². The zero-order valence-electron chi connectivity index (χ0n) is 11.8. The summed E-state index contributed by atoms with van der Waals surface area (Å²) in [6.07, 6.45) is 2.00. The van der Waals surface area contributed by atoms with Crippen LogP contribution in [0.25, 0.3) is 0 Å². The van der Waals surface area contributed by atoms with Crippen LogP contribution in [0.2, 0.25) is 0 Å². The monoisotopic (exact) mass is 263 g/mol. The van der Waals surface area contributed by atoms with Crippen molar-refractivity contribution < 1.29 is 14.3 Å². The Bertz CT molecular complexity index is 443. The van der Waals surface area contributed by atoms with Gasteiger partial charge in [0.15, 0.2) is 0 Å². The molecule has 19 heavy (non-hydrogen) atoms. The van der Waals surface area contributed by atoms with Gasteiger partial charge in [0.1, 0.15) is 5.75 Å². The second-order valence-electron chi connectivity index (χ2n) is 4.33. The van der Waals surface area contributed by atoms with Crippen molar-refractivity contribution in [1.82, 2.24) is 4.90 Å². The standard InChI is InChI=1S/C15H21NO3/c1-4-6-11-16(5-2)15(18)13-9-7-8-10-14(13)19-12(3)17/h7-10H,4-6,11H2,1-3H3. The van der Waals surface area contributed by atoms with E-state index in [0.29, 0.717) is 17.9 Å². The van der Waals surface area contributed by atoms with Crippen LogP contribution in [0.1, 0.15) is 44.0 Å². The summed E-state index contributed by atoms with van der Waals surface area (Å²) in [5.41, 5.74) is 0.440. The number of esters is 1. The number of hydrogen-bond acceptors (Lipinski definition) is 3. The molecule has 0 radical (unpaired) electrons. The molecule has 0 unspecified atom stereocenters. The quantitative estimate of drug-likeness (QED) is 0.585. The van der Waals surface area contributed by atoms with Gasteiger partial charge in [-0.1, -0.05) is 25.5 Å². The lowest BCUT2D eigenvalue weighted by molar-refractivity contribution is -0.131. The molecule has 0 aliphatic rings. The van der Waals surface area contributed by atoms with Crippen molar-refractivity contribution in [3.63, 3.8) is 0 Å². The average Bonchev–Trinajstić information content (AvgIpc) is 2.39. The molecule has 0 N–H and O–H groups in total. The summed E-state index contributed by atoms with van der Waals surface area (Å²) in [6, 6.07) is 6.85. The van der Waals surface area contributed by atoms with Gasteiger partial charge in [-0.3, -0.25) is 9.59 Å². The maximum absolute atomic E-state index is 12.4. The molecule has 1 aromatic carbocycles. The molecule has 0 aromatic heterocycles. The first-order valence-electron chi connectivity index (χ1n) is 6.66. The molecule has 0 bridgehead atoms. The van der Waals surface area contributed by atoms with Gasteiger partial charge >= 0.3 is 5.97 Å². The van der Waals surface area contributed by atoms with Crippen LogP contribution in [0.4, 0.5) is 0 Å². The summed E-state index contributed by atoms with van der Waals surface area (Å²) < 4.78 is 5.08. The lowest BCUT2D eigenvalue weighted by Crippen LogP contribution is -2.32. The summed E-state index contributed by atoms with van der Waals surface area (Å²) in [5.74, 6) is -0.181. The molecule has 0 saturated heterocycles. The van der Waals surface area contributed by atoms with E-state index in [0.717, 1.165) is 19.4 Å². The normalized spacial score (nSPS) is 10.1. The lowest BCUT2D eigenvalue weighted by Gasteiger charge is -2.21. The fraction of sp³-hybridized carbons (Fsp3) is 0.467. The number of carbonyl (C=O) groups is 2. The highest BCUT2D eigenvalue weighted by molar-refractivity contribution is 5.97. The lowest BCUT2D eigenvalue weighted by atomic mass is 10.1. The van der Waals surface area contributed by atoms with E-state index in [1.807, 2.05) is 6.92 Å². The molecular weight excluding hydrogens is 242 g/mol. The van der Waals surface area contributed by atoms with Gasteiger partial charge in [-0.05, 0) is 25.5 Å². The van der Waals surface area contributed by atoms with E-state index < -0.39 is 5.97 Å². The number of unbranched alkanes of at least 4 members (excludes halogenated alkanes) is 1. The van der Waals surface area contributed by atoms with Crippen molar-refractivity contribution in [1.29, 1.82) is 0 Å². The zero-order chi connectivity index (χ0) is 14.3. The maximum Gasteiger partial charge on any atom is 0.308 e. The predicted octanol–water partition coefficient (Wildman–Crippen LogP) is 2.87. The molecule has 1 aromatic rings. The SMILES string of the molecule is CCCCN(CC)C(=O)c1ccccc1OC(C)=O. The molecule has 0 heterocycles. The summed E-state index contributed by atoms with van der Waals surface area (Å²) in [5, 5.41) is 0.